The topological polar surface area (TPSA) is 78.9 Å². The highest BCUT2D eigenvalue weighted by molar-refractivity contribution is 7.89. The molecule has 37 heavy (non-hydrogen) atoms. The second-order valence-electron chi connectivity index (χ2n) is 10.5. The maximum atomic E-state index is 13.1. The van der Waals surface area contributed by atoms with Gasteiger partial charge in [0.2, 0.25) is 10.0 Å². The SMILES string of the molecule is COc1ccc(S(=O)(=O)N2CCN(CCc3nc(N4CC(C)CC(C)C4)c4ccccc4n3)CC2)cc1. The number of hydrogen-bond acceptors (Lipinski definition) is 7. The van der Waals surface area contributed by atoms with Gasteiger partial charge in [-0.05, 0) is 54.7 Å². The molecule has 0 bridgehead atoms. The molecule has 9 heteroatoms. The number of piperidine rings is 1. The van der Waals surface area contributed by atoms with E-state index in [1.807, 2.05) is 6.07 Å². The van der Waals surface area contributed by atoms with Crippen LogP contribution in [0, 0.1) is 11.8 Å². The van der Waals surface area contributed by atoms with Crippen LogP contribution < -0.4 is 9.64 Å². The van der Waals surface area contributed by atoms with Gasteiger partial charge in [-0.3, -0.25) is 0 Å². The molecule has 2 atom stereocenters. The third kappa shape index (κ3) is 5.73. The summed E-state index contributed by atoms with van der Waals surface area (Å²) in [5, 5.41) is 1.12. The third-order valence-electron chi connectivity index (χ3n) is 7.48. The molecule has 0 saturated carbocycles. The summed E-state index contributed by atoms with van der Waals surface area (Å²) in [6.45, 7) is 9.83. The Hall–Kier alpha value is -2.75. The standard InChI is InChI=1S/C28H37N5O3S/c1-21-18-22(2)20-32(19-21)28-25-6-4-5-7-26(25)29-27(30-28)12-13-31-14-16-33(17-15-31)37(34,35)24-10-8-23(36-3)9-11-24/h4-11,21-22H,12-20H2,1-3H3. The van der Waals surface area contributed by atoms with Crippen LogP contribution in [0.3, 0.4) is 0 Å². The molecular formula is C28H37N5O3S. The molecule has 2 saturated heterocycles. The molecule has 2 aliphatic heterocycles. The second-order valence-corrected chi connectivity index (χ2v) is 12.4. The lowest BCUT2D eigenvalue weighted by Crippen LogP contribution is -2.49. The number of aromatic nitrogens is 2. The predicted octanol–water partition coefficient (Wildman–Crippen LogP) is 3.67. The minimum absolute atomic E-state index is 0.306. The summed E-state index contributed by atoms with van der Waals surface area (Å²) < 4.78 is 32.9. The van der Waals surface area contributed by atoms with Gasteiger partial charge in [0.15, 0.2) is 0 Å². The average molecular weight is 524 g/mol. The van der Waals surface area contributed by atoms with Crippen molar-refractivity contribution in [2.24, 2.45) is 11.8 Å². The van der Waals surface area contributed by atoms with Crippen LogP contribution >= 0.6 is 0 Å². The van der Waals surface area contributed by atoms with Gasteiger partial charge in [0.1, 0.15) is 17.4 Å². The Morgan fingerprint density at radius 1 is 0.919 bits per heavy atom. The van der Waals surface area contributed by atoms with Crippen LogP contribution in [0.2, 0.25) is 0 Å². The number of methoxy groups -OCH3 is 1. The predicted molar refractivity (Wildman–Crippen MR) is 147 cm³/mol. The quantitative estimate of drug-likeness (QED) is 0.468. The van der Waals surface area contributed by atoms with Crippen molar-refractivity contribution >= 4 is 26.7 Å². The van der Waals surface area contributed by atoms with Gasteiger partial charge in [-0.1, -0.05) is 26.0 Å². The number of anilines is 1. The highest BCUT2D eigenvalue weighted by Gasteiger charge is 2.29. The molecule has 2 aromatic carbocycles. The molecule has 3 aromatic rings. The molecule has 0 spiro atoms. The summed E-state index contributed by atoms with van der Waals surface area (Å²) in [6, 6.07) is 14.9. The van der Waals surface area contributed by atoms with Crippen LogP contribution in [0.15, 0.2) is 53.4 Å². The molecule has 0 aliphatic carbocycles. The van der Waals surface area contributed by atoms with Gasteiger partial charge in [-0.25, -0.2) is 18.4 Å². The first-order valence-corrected chi connectivity index (χ1v) is 14.6. The van der Waals surface area contributed by atoms with E-state index in [2.05, 4.69) is 41.8 Å². The highest BCUT2D eigenvalue weighted by atomic mass is 32.2. The Bertz CT molecular complexity index is 1310. The van der Waals surface area contributed by atoms with E-state index in [-0.39, 0.29) is 0 Å². The van der Waals surface area contributed by atoms with Gasteiger partial charge in [-0.15, -0.1) is 0 Å². The number of piperazine rings is 1. The molecule has 5 rings (SSSR count). The van der Waals surface area contributed by atoms with Gasteiger partial charge >= 0.3 is 0 Å². The maximum absolute atomic E-state index is 13.1. The van der Waals surface area contributed by atoms with Gasteiger partial charge in [-0.2, -0.15) is 4.31 Å². The van der Waals surface area contributed by atoms with Crippen LogP contribution in [0.5, 0.6) is 5.75 Å². The summed E-state index contributed by atoms with van der Waals surface area (Å²) in [5.41, 5.74) is 0.990. The fourth-order valence-electron chi connectivity index (χ4n) is 5.64. The van der Waals surface area contributed by atoms with Crippen LogP contribution in [0.1, 0.15) is 26.1 Å². The number of para-hydroxylation sites is 1. The Labute approximate surface area is 220 Å². The Kier molecular flexibility index (Phi) is 7.65. The number of hydrogen-bond donors (Lipinski definition) is 0. The molecule has 8 nitrogen and oxygen atoms in total. The summed E-state index contributed by atoms with van der Waals surface area (Å²) in [4.78, 5) is 15.0. The van der Waals surface area contributed by atoms with Crippen molar-refractivity contribution in [3.05, 3.63) is 54.4 Å². The summed E-state index contributed by atoms with van der Waals surface area (Å²) in [5.74, 6) is 3.84. The zero-order chi connectivity index (χ0) is 26.0. The molecule has 1 aromatic heterocycles. The van der Waals surface area contributed by atoms with E-state index in [0.717, 1.165) is 48.6 Å². The van der Waals surface area contributed by atoms with Crippen molar-refractivity contribution in [2.45, 2.75) is 31.6 Å². The van der Waals surface area contributed by atoms with E-state index in [9.17, 15) is 8.42 Å². The molecular weight excluding hydrogens is 486 g/mol. The van der Waals surface area contributed by atoms with Crippen molar-refractivity contribution in [3.8, 4) is 5.75 Å². The zero-order valence-electron chi connectivity index (χ0n) is 22.0. The van der Waals surface area contributed by atoms with Gasteiger partial charge in [0, 0.05) is 57.6 Å². The molecule has 2 aliphatic rings. The zero-order valence-corrected chi connectivity index (χ0v) is 22.8. The molecule has 0 N–H and O–H groups in total. The van der Waals surface area contributed by atoms with Crippen molar-refractivity contribution in [1.29, 1.82) is 0 Å². The van der Waals surface area contributed by atoms with Crippen LogP contribution in [-0.4, -0.2) is 80.5 Å². The summed E-state index contributed by atoms with van der Waals surface area (Å²) >= 11 is 0. The average Bonchev–Trinajstić information content (AvgIpc) is 2.91. The fraction of sp³-hybridized carbons (Fsp3) is 0.500. The van der Waals surface area contributed by atoms with Crippen molar-refractivity contribution in [1.82, 2.24) is 19.2 Å². The number of nitrogens with zero attached hydrogens (tertiary/aromatic N) is 5. The number of ether oxygens (including phenoxy) is 1. The van der Waals surface area contributed by atoms with Crippen molar-refractivity contribution < 1.29 is 13.2 Å². The van der Waals surface area contributed by atoms with Crippen molar-refractivity contribution in [2.75, 3.05) is 57.8 Å². The van der Waals surface area contributed by atoms with E-state index in [1.54, 1.807) is 35.7 Å². The normalized spacial score (nSPS) is 21.9. The third-order valence-corrected chi connectivity index (χ3v) is 9.39. The Morgan fingerprint density at radius 3 is 2.27 bits per heavy atom. The monoisotopic (exact) mass is 523 g/mol. The first-order valence-electron chi connectivity index (χ1n) is 13.2. The first-order chi connectivity index (χ1) is 17.8. The van der Waals surface area contributed by atoms with Gasteiger partial charge < -0.3 is 14.5 Å². The number of rotatable bonds is 7. The lowest BCUT2D eigenvalue weighted by molar-refractivity contribution is 0.189. The van der Waals surface area contributed by atoms with Crippen molar-refractivity contribution in [3.63, 3.8) is 0 Å². The van der Waals surface area contributed by atoms with E-state index in [1.165, 1.54) is 6.42 Å². The number of benzene rings is 2. The molecule has 0 radical (unpaired) electrons. The maximum Gasteiger partial charge on any atom is 0.243 e. The summed E-state index contributed by atoms with van der Waals surface area (Å²) in [6.07, 6.45) is 1.99. The smallest absolute Gasteiger partial charge is 0.243 e. The van der Waals surface area contributed by atoms with Gasteiger partial charge in [0.05, 0.1) is 17.5 Å². The number of fused-ring (bicyclic) bond motifs is 1. The largest absolute Gasteiger partial charge is 0.497 e. The number of sulfonamides is 1. The van der Waals surface area contributed by atoms with Crippen LogP contribution in [-0.2, 0) is 16.4 Å². The van der Waals surface area contributed by atoms with E-state index in [4.69, 9.17) is 14.7 Å². The van der Waals surface area contributed by atoms with Crippen LogP contribution in [0.4, 0.5) is 5.82 Å². The van der Waals surface area contributed by atoms with E-state index >= 15 is 0 Å². The molecule has 2 fully saturated rings. The van der Waals surface area contributed by atoms with Gasteiger partial charge in [0.25, 0.3) is 0 Å². The second kappa shape index (κ2) is 10.9. The van der Waals surface area contributed by atoms with Crippen LogP contribution in [0.25, 0.3) is 10.9 Å². The minimum Gasteiger partial charge on any atom is -0.497 e. The lowest BCUT2D eigenvalue weighted by Gasteiger charge is -2.36. The molecule has 3 heterocycles. The Balaban J connectivity index is 1.24. The minimum atomic E-state index is -3.51. The van der Waals surface area contributed by atoms with E-state index < -0.39 is 10.0 Å². The first kappa shape index (κ1) is 25.9. The fourth-order valence-corrected chi connectivity index (χ4v) is 7.07. The lowest BCUT2D eigenvalue weighted by atomic mass is 9.92. The highest BCUT2D eigenvalue weighted by Crippen LogP contribution is 2.30. The summed E-state index contributed by atoms with van der Waals surface area (Å²) in [7, 11) is -1.94. The van der Waals surface area contributed by atoms with E-state index in [0.29, 0.717) is 48.7 Å². The molecule has 2 unspecified atom stereocenters. The Morgan fingerprint density at radius 2 is 1.59 bits per heavy atom. The molecule has 198 valence electrons. The molecule has 0 amide bonds.